The maximum absolute atomic E-state index is 13.3. The number of rotatable bonds is 4. The third-order valence-corrected chi connectivity index (χ3v) is 2.37. The summed E-state index contributed by atoms with van der Waals surface area (Å²) >= 11 is 0. The van der Waals surface area contributed by atoms with E-state index in [0.29, 0.717) is 0 Å². The Labute approximate surface area is 116 Å². The zero-order valence-corrected chi connectivity index (χ0v) is 11.9. The molecule has 1 atom stereocenters. The van der Waals surface area contributed by atoms with E-state index in [2.05, 4.69) is 10.6 Å². The summed E-state index contributed by atoms with van der Waals surface area (Å²) in [6, 6.07) is 2.47. The summed E-state index contributed by atoms with van der Waals surface area (Å²) in [4.78, 5) is 21.8. The van der Waals surface area contributed by atoms with Crippen LogP contribution >= 0.6 is 0 Å². The first-order chi connectivity index (χ1) is 9.08. The van der Waals surface area contributed by atoms with Gasteiger partial charge >= 0.3 is 0 Å². The standard InChI is InChI=1S/C13H18FN3O3/c1-8(12(18)16-13(2,3)4)15-10-5-9(14)6-11(7-10)17(19)20/h5-8,15H,1-4H3,(H,16,18). The summed E-state index contributed by atoms with van der Waals surface area (Å²) in [5.41, 5.74) is -0.565. The van der Waals surface area contributed by atoms with Crippen molar-refractivity contribution in [2.24, 2.45) is 0 Å². The van der Waals surface area contributed by atoms with Crippen LogP contribution in [-0.2, 0) is 4.79 Å². The van der Waals surface area contributed by atoms with Gasteiger partial charge in [-0.05, 0) is 33.8 Å². The zero-order chi connectivity index (χ0) is 15.5. The van der Waals surface area contributed by atoms with Gasteiger partial charge in [-0.2, -0.15) is 0 Å². The number of nitro benzene ring substituents is 1. The molecule has 1 rings (SSSR count). The molecule has 110 valence electrons. The van der Waals surface area contributed by atoms with E-state index in [1.54, 1.807) is 6.92 Å². The van der Waals surface area contributed by atoms with Crippen LogP contribution in [0.15, 0.2) is 18.2 Å². The van der Waals surface area contributed by atoms with E-state index in [9.17, 15) is 19.3 Å². The highest BCUT2D eigenvalue weighted by atomic mass is 19.1. The summed E-state index contributed by atoms with van der Waals surface area (Å²) in [5, 5.41) is 16.2. The molecular formula is C13H18FN3O3. The molecule has 0 saturated carbocycles. The molecule has 0 saturated heterocycles. The van der Waals surface area contributed by atoms with Crippen molar-refractivity contribution in [3.05, 3.63) is 34.1 Å². The number of benzene rings is 1. The van der Waals surface area contributed by atoms with Gasteiger partial charge in [0.05, 0.1) is 11.0 Å². The van der Waals surface area contributed by atoms with Crippen LogP contribution in [0.25, 0.3) is 0 Å². The highest BCUT2D eigenvalue weighted by Crippen LogP contribution is 2.20. The predicted molar refractivity (Wildman–Crippen MR) is 74.0 cm³/mol. The summed E-state index contributed by atoms with van der Waals surface area (Å²) in [5.74, 6) is -1.01. The minimum absolute atomic E-state index is 0.188. The van der Waals surface area contributed by atoms with E-state index in [-0.39, 0.29) is 22.8 Å². The molecule has 0 fully saturated rings. The number of nitro groups is 1. The van der Waals surface area contributed by atoms with Crippen LogP contribution in [0.3, 0.4) is 0 Å². The van der Waals surface area contributed by atoms with Crippen LogP contribution in [0.2, 0.25) is 0 Å². The number of carbonyl (C=O) groups is 1. The minimum Gasteiger partial charge on any atom is -0.374 e. The Kier molecular flexibility index (Phi) is 4.65. The first-order valence-electron chi connectivity index (χ1n) is 6.12. The molecule has 1 aromatic carbocycles. The molecule has 0 radical (unpaired) electrons. The number of anilines is 1. The Morgan fingerprint density at radius 2 is 1.95 bits per heavy atom. The Morgan fingerprint density at radius 3 is 2.45 bits per heavy atom. The van der Waals surface area contributed by atoms with Gasteiger partial charge in [0, 0.05) is 17.3 Å². The number of non-ortho nitro benzene ring substituents is 1. The van der Waals surface area contributed by atoms with Crippen LogP contribution in [0, 0.1) is 15.9 Å². The third kappa shape index (κ3) is 4.83. The molecule has 0 heterocycles. The number of hydrogen-bond donors (Lipinski definition) is 2. The van der Waals surface area contributed by atoms with Crippen molar-refractivity contribution in [1.29, 1.82) is 0 Å². The van der Waals surface area contributed by atoms with Gasteiger partial charge in [-0.25, -0.2) is 4.39 Å². The number of nitrogens with one attached hydrogen (secondary N) is 2. The normalized spacial score (nSPS) is 12.7. The van der Waals surface area contributed by atoms with Crippen molar-refractivity contribution < 1.29 is 14.1 Å². The zero-order valence-electron chi connectivity index (χ0n) is 11.9. The fourth-order valence-corrected chi connectivity index (χ4v) is 1.56. The SMILES string of the molecule is CC(Nc1cc(F)cc([N+](=O)[O-])c1)C(=O)NC(C)(C)C. The lowest BCUT2D eigenvalue weighted by molar-refractivity contribution is -0.385. The van der Waals surface area contributed by atoms with Crippen molar-refractivity contribution in [3.63, 3.8) is 0 Å². The molecule has 1 aromatic rings. The molecule has 2 N–H and O–H groups in total. The van der Waals surface area contributed by atoms with Crippen molar-refractivity contribution in [3.8, 4) is 0 Å². The molecule has 0 aliphatic heterocycles. The molecule has 6 nitrogen and oxygen atoms in total. The van der Waals surface area contributed by atoms with E-state index < -0.39 is 16.8 Å². The number of hydrogen-bond acceptors (Lipinski definition) is 4. The Hall–Kier alpha value is -2.18. The molecular weight excluding hydrogens is 265 g/mol. The molecule has 1 amide bonds. The molecule has 0 aliphatic rings. The van der Waals surface area contributed by atoms with E-state index in [1.165, 1.54) is 6.07 Å². The third-order valence-electron chi connectivity index (χ3n) is 2.37. The monoisotopic (exact) mass is 283 g/mol. The van der Waals surface area contributed by atoms with Crippen molar-refractivity contribution >= 4 is 17.3 Å². The van der Waals surface area contributed by atoms with Crippen LogP contribution in [0.5, 0.6) is 0 Å². The lowest BCUT2D eigenvalue weighted by Gasteiger charge is -2.24. The molecule has 0 spiro atoms. The Bertz CT molecular complexity index is 526. The van der Waals surface area contributed by atoms with Gasteiger partial charge in [-0.1, -0.05) is 0 Å². The molecule has 0 aliphatic carbocycles. The average Bonchev–Trinajstić information content (AvgIpc) is 2.25. The second-order valence-corrected chi connectivity index (χ2v) is 5.56. The first-order valence-corrected chi connectivity index (χ1v) is 6.12. The first kappa shape index (κ1) is 15.9. The van der Waals surface area contributed by atoms with Crippen LogP contribution in [-0.4, -0.2) is 22.4 Å². The van der Waals surface area contributed by atoms with Gasteiger partial charge in [-0.3, -0.25) is 14.9 Å². The van der Waals surface area contributed by atoms with E-state index in [4.69, 9.17) is 0 Å². The Balaban J connectivity index is 2.83. The second-order valence-electron chi connectivity index (χ2n) is 5.56. The van der Waals surface area contributed by atoms with E-state index in [0.717, 1.165) is 12.1 Å². The minimum atomic E-state index is -0.731. The van der Waals surface area contributed by atoms with Crippen LogP contribution in [0.1, 0.15) is 27.7 Å². The van der Waals surface area contributed by atoms with Gasteiger partial charge in [0.15, 0.2) is 0 Å². The van der Waals surface area contributed by atoms with Crippen LogP contribution < -0.4 is 10.6 Å². The molecule has 0 aromatic heterocycles. The molecule has 1 unspecified atom stereocenters. The van der Waals surface area contributed by atoms with Gasteiger partial charge < -0.3 is 10.6 Å². The largest absolute Gasteiger partial charge is 0.374 e. The number of halogens is 1. The predicted octanol–water partition coefficient (Wildman–Crippen LogP) is 2.45. The molecule has 7 heteroatoms. The average molecular weight is 283 g/mol. The van der Waals surface area contributed by atoms with Gasteiger partial charge in [0.1, 0.15) is 11.9 Å². The van der Waals surface area contributed by atoms with E-state index in [1.807, 2.05) is 20.8 Å². The number of amides is 1. The lowest BCUT2D eigenvalue weighted by atomic mass is 10.1. The lowest BCUT2D eigenvalue weighted by Crippen LogP contribution is -2.47. The quantitative estimate of drug-likeness (QED) is 0.656. The maximum atomic E-state index is 13.3. The fraction of sp³-hybridized carbons (Fsp3) is 0.462. The van der Waals surface area contributed by atoms with Crippen molar-refractivity contribution in [1.82, 2.24) is 5.32 Å². The summed E-state index contributed by atoms with van der Waals surface area (Å²) in [6.07, 6.45) is 0. The highest BCUT2D eigenvalue weighted by Gasteiger charge is 2.20. The molecule has 20 heavy (non-hydrogen) atoms. The summed E-state index contributed by atoms with van der Waals surface area (Å²) < 4.78 is 13.3. The Morgan fingerprint density at radius 1 is 1.35 bits per heavy atom. The smallest absolute Gasteiger partial charge is 0.274 e. The van der Waals surface area contributed by atoms with Crippen molar-refractivity contribution in [2.45, 2.75) is 39.3 Å². The molecule has 0 bridgehead atoms. The summed E-state index contributed by atoms with van der Waals surface area (Å²) in [6.45, 7) is 7.11. The maximum Gasteiger partial charge on any atom is 0.274 e. The number of nitrogens with zero attached hydrogens (tertiary/aromatic N) is 1. The van der Waals surface area contributed by atoms with Crippen LogP contribution in [0.4, 0.5) is 15.8 Å². The van der Waals surface area contributed by atoms with Gasteiger partial charge in [0.25, 0.3) is 5.69 Å². The highest BCUT2D eigenvalue weighted by molar-refractivity contribution is 5.84. The topological polar surface area (TPSA) is 84.3 Å². The second kappa shape index (κ2) is 5.85. The van der Waals surface area contributed by atoms with Gasteiger partial charge in [-0.15, -0.1) is 0 Å². The van der Waals surface area contributed by atoms with E-state index >= 15 is 0 Å². The summed E-state index contributed by atoms with van der Waals surface area (Å²) in [7, 11) is 0. The number of carbonyl (C=O) groups excluding carboxylic acids is 1. The fourth-order valence-electron chi connectivity index (χ4n) is 1.56. The van der Waals surface area contributed by atoms with Crippen molar-refractivity contribution in [2.75, 3.05) is 5.32 Å². The van der Waals surface area contributed by atoms with Gasteiger partial charge in [0.2, 0.25) is 5.91 Å².